The lowest BCUT2D eigenvalue weighted by Gasteiger charge is -2.15. The van der Waals surface area contributed by atoms with Gasteiger partial charge in [0.2, 0.25) is 0 Å². The quantitative estimate of drug-likeness (QED) is 0.0779. The van der Waals surface area contributed by atoms with Crippen molar-refractivity contribution in [1.82, 2.24) is 0 Å². The Hall–Kier alpha value is -0.210. The molecule has 0 aromatic rings. The monoisotopic (exact) mass is 523 g/mol. The fourth-order valence-corrected chi connectivity index (χ4v) is 4.84. The van der Waals surface area contributed by atoms with Crippen molar-refractivity contribution < 1.29 is 22.3 Å². The summed E-state index contributed by atoms with van der Waals surface area (Å²) in [6.07, 6.45) is 27.8. The highest BCUT2D eigenvalue weighted by Gasteiger charge is 2.16. The van der Waals surface area contributed by atoms with Crippen LogP contribution in [0.15, 0.2) is 0 Å². The largest absolute Gasteiger partial charge is 0.397 e. The van der Waals surface area contributed by atoms with E-state index in [4.69, 9.17) is 19.6 Å². The molecule has 1 atom stereocenters. The average molecular weight is 524 g/mol. The lowest BCUT2D eigenvalue weighted by molar-refractivity contribution is 0.157. The second-order valence-corrected chi connectivity index (χ2v) is 11.0. The Kier molecular flexibility index (Phi) is 31.7. The van der Waals surface area contributed by atoms with E-state index in [-0.39, 0.29) is 12.7 Å². The highest BCUT2D eigenvalue weighted by Crippen LogP contribution is 2.19. The van der Waals surface area contributed by atoms with Crippen molar-refractivity contribution in [3.05, 3.63) is 0 Å². The van der Waals surface area contributed by atoms with Crippen LogP contribution in [0, 0.1) is 0 Å². The second-order valence-electron chi connectivity index (χ2n) is 9.95. The molecule has 0 aliphatic carbocycles. The van der Waals surface area contributed by atoms with Crippen LogP contribution in [-0.2, 0) is 14.6 Å². The molecular weight excluding hydrogens is 462 g/mol. The van der Waals surface area contributed by atoms with Gasteiger partial charge in [0.25, 0.3) is 0 Å². The third kappa shape index (κ3) is 36.0. The fraction of sp³-hybridized carbons (Fsp3) is 1.00. The lowest BCUT2D eigenvalue weighted by Crippen LogP contribution is -2.18. The summed E-state index contributed by atoms with van der Waals surface area (Å²) in [5.41, 5.74) is 4.78. The fourth-order valence-electron chi connectivity index (χ4n) is 4.31. The zero-order valence-corrected chi connectivity index (χ0v) is 24.2. The summed E-state index contributed by atoms with van der Waals surface area (Å²) >= 11 is 0. The minimum atomic E-state index is -4.35. The average Bonchev–Trinajstić information content (AvgIpc) is 2.82. The molecule has 0 saturated carbocycles. The molecule has 7 heteroatoms. The molecule has 0 aromatic heterocycles. The predicted octanol–water partition coefficient (Wildman–Crippen LogP) is 8.12. The standard InChI is InChI=1S/C26H54O4S.C2H7NO/c1-3-5-7-9-11-13-15-17-19-21-23-25-26(30-31(27,28)29)24-22-20-18-16-14-12-10-8-6-4-2;3-1-2-4/h26H,3-25H2,1-2H3,(H,27,28,29);4H,1-3H2. The van der Waals surface area contributed by atoms with E-state index < -0.39 is 10.4 Å². The van der Waals surface area contributed by atoms with Crippen LogP contribution in [0.3, 0.4) is 0 Å². The molecular formula is C28H61NO5S. The van der Waals surface area contributed by atoms with Gasteiger partial charge >= 0.3 is 10.4 Å². The van der Waals surface area contributed by atoms with E-state index in [1.54, 1.807) is 0 Å². The number of rotatable bonds is 26. The molecule has 214 valence electrons. The Bertz CT molecular complexity index is 486. The van der Waals surface area contributed by atoms with Crippen molar-refractivity contribution in [2.75, 3.05) is 13.2 Å². The van der Waals surface area contributed by atoms with E-state index in [2.05, 4.69) is 13.8 Å². The van der Waals surface area contributed by atoms with Crippen LogP contribution in [0.1, 0.15) is 162 Å². The van der Waals surface area contributed by atoms with Crippen molar-refractivity contribution in [2.24, 2.45) is 5.73 Å². The third-order valence-corrected chi connectivity index (χ3v) is 6.91. The summed E-state index contributed by atoms with van der Waals surface area (Å²) < 4.78 is 36.3. The van der Waals surface area contributed by atoms with E-state index in [0.29, 0.717) is 6.54 Å². The van der Waals surface area contributed by atoms with Gasteiger partial charge < -0.3 is 10.8 Å². The van der Waals surface area contributed by atoms with Gasteiger partial charge in [-0.25, -0.2) is 4.18 Å². The molecule has 4 N–H and O–H groups in total. The van der Waals surface area contributed by atoms with E-state index in [9.17, 15) is 8.42 Å². The molecule has 0 radical (unpaired) electrons. The maximum absolute atomic E-state index is 11.2. The zero-order chi connectivity index (χ0) is 26.5. The van der Waals surface area contributed by atoms with Gasteiger partial charge in [-0.2, -0.15) is 8.42 Å². The van der Waals surface area contributed by atoms with Crippen LogP contribution in [0.2, 0.25) is 0 Å². The molecule has 0 saturated heterocycles. The maximum atomic E-state index is 11.2. The van der Waals surface area contributed by atoms with Gasteiger partial charge in [-0.05, 0) is 12.8 Å². The molecule has 35 heavy (non-hydrogen) atoms. The van der Waals surface area contributed by atoms with Crippen LogP contribution < -0.4 is 5.73 Å². The maximum Gasteiger partial charge on any atom is 0.397 e. The molecule has 0 heterocycles. The van der Waals surface area contributed by atoms with Gasteiger partial charge in [0, 0.05) is 6.54 Å². The van der Waals surface area contributed by atoms with E-state index in [0.717, 1.165) is 38.5 Å². The smallest absolute Gasteiger partial charge is 0.395 e. The summed E-state index contributed by atoms with van der Waals surface area (Å²) in [5, 5.41) is 7.75. The van der Waals surface area contributed by atoms with Crippen LogP contribution in [0.5, 0.6) is 0 Å². The molecule has 0 spiro atoms. The summed E-state index contributed by atoms with van der Waals surface area (Å²) in [4.78, 5) is 0. The van der Waals surface area contributed by atoms with Crippen LogP contribution in [-0.4, -0.2) is 37.3 Å². The normalized spacial score (nSPS) is 12.4. The number of unbranched alkanes of at least 4 members (excludes halogenated alkanes) is 19. The van der Waals surface area contributed by atoms with Gasteiger partial charge in [-0.1, -0.05) is 149 Å². The SMILES string of the molecule is CCCCCCCCCCCCCC(CCCCCCCCCCCC)OS(=O)(=O)O.NCCO. The van der Waals surface area contributed by atoms with Crippen molar-refractivity contribution in [3.63, 3.8) is 0 Å². The van der Waals surface area contributed by atoms with Crippen molar-refractivity contribution in [1.29, 1.82) is 0 Å². The highest BCUT2D eigenvalue weighted by molar-refractivity contribution is 7.80. The van der Waals surface area contributed by atoms with Crippen molar-refractivity contribution in [3.8, 4) is 0 Å². The lowest BCUT2D eigenvalue weighted by atomic mass is 10.0. The van der Waals surface area contributed by atoms with Gasteiger partial charge in [-0.3, -0.25) is 4.55 Å². The molecule has 0 bridgehead atoms. The first-order valence-corrected chi connectivity index (χ1v) is 16.2. The number of hydrogen-bond donors (Lipinski definition) is 3. The first-order chi connectivity index (χ1) is 16.9. The Labute approximate surface area is 219 Å². The van der Waals surface area contributed by atoms with Gasteiger partial charge in [0.1, 0.15) is 0 Å². The first kappa shape index (κ1) is 36.9. The minimum absolute atomic E-state index is 0.0972. The van der Waals surface area contributed by atoms with E-state index >= 15 is 0 Å². The Morgan fingerprint density at radius 1 is 0.600 bits per heavy atom. The number of aliphatic hydroxyl groups is 1. The van der Waals surface area contributed by atoms with Gasteiger partial charge in [-0.15, -0.1) is 0 Å². The highest BCUT2D eigenvalue weighted by atomic mass is 32.3. The molecule has 6 nitrogen and oxygen atoms in total. The Balaban J connectivity index is 0. The number of aliphatic hydroxyl groups excluding tert-OH is 1. The molecule has 0 aliphatic rings. The zero-order valence-electron chi connectivity index (χ0n) is 23.4. The topological polar surface area (TPSA) is 110 Å². The summed E-state index contributed by atoms with van der Waals surface area (Å²) in [6, 6.07) is 0. The minimum Gasteiger partial charge on any atom is -0.395 e. The van der Waals surface area contributed by atoms with Crippen molar-refractivity contribution >= 4 is 10.4 Å². The Morgan fingerprint density at radius 2 is 0.857 bits per heavy atom. The molecule has 0 fully saturated rings. The first-order valence-electron chi connectivity index (χ1n) is 14.9. The molecule has 1 unspecified atom stereocenters. The molecule has 0 aromatic carbocycles. The van der Waals surface area contributed by atoms with E-state index in [1.807, 2.05) is 0 Å². The predicted molar refractivity (Wildman–Crippen MR) is 150 cm³/mol. The molecule has 0 rings (SSSR count). The molecule has 0 amide bonds. The van der Waals surface area contributed by atoms with Crippen LogP contribution >= 0.6 is 0 Å². The van der Waals surface area contributed by atoms with Crippen molar-refractivity contribution in [2.45, 2.75) is 168 Å². The summed E-state index contributed by atoms with van der Waals surface area (Å²) in [5.74, 6) is 0. The summed E-state index contributed by atoms with van der Waals surface area (Å²) in [7, 11) is -4.35. The summed E-state index contributed by atoms with van der Waals surface area (Å²) in [6.45, 7) is 4.97. The van der Waals surface area contributed by atoms with E-state index in [1.165, 1.54) is 109 Å². The number of nitrogens with two attached hydrogens (primary N) is 1. The van der Waals surface area contributed by atoms with Crippen LogP contribution in [0.4, 0.5) is 0 Å². The Morgan fingerprint density at radius 3 is 1.09 bits per heavy atom. The number of hydrogen-bond acceptors (Lipinski definition) is 5. The third-order valence-electron chi connectivity index (χ3n) is 6.40. The second kappa shape index (κ2) is 30.0. The molecule has 0 aliphatic heterocycles. The van der Waals surface area contributed by atoms with Crippen LogP contribution in [0.25, 0.3) is 0 Å². The van der Waals surface area contributed by atoms with Gasteiger partial charge in [0.05, 0.1) is 12.7 Å². The van der Waals surface area contributed by atoms with Gasteiger partial charge in [0.15, 0.2) is 0 Å².